The third kappa shape index (κ3) is 2.89. The first-order valence-electron chi connectivity index (χ1n) is 9.70. The van der Waals surface area contributed by atoms with E-state index in [0.717, 1.165) is 15.9 Å². The summed E-state index contributed by atoms with van der Waals surface area (Å²) in [6.07, 6.45) is 0.625. The molecule has 1 aliphatic rings. The molecule has 0 aliphatic carbocycles. The van der Waals surface area contributed by atoms with Gasteiger partial charge in [0.2, 0.25) is 0 Å². The van der Waals surface area contributed by atoms with Gasteiger partial charge in [0.05, 0.1) is 0 Å². The third-order valence-electron chi connectivity index (χ3n) is 5.93. The van der Waals surface area contributed by atoms with Gasteiger partial charge in [-0.2, -0.15) is 0 Å². The van der Waals surface area contributed by atoms with Gasteiger partial charge in [0.15, 0.2) is 0 Å². The number of amides is 2. The fourth-order valence-corrected chi connectivity index (χ4v) is 13.2. The van der Waals surface area contributed by atoms with Crippen molar-refractivity contribution in [2.75, 3.05) is 6.54 Å². The van der Waals surface area contributed by atoms with Crippen molar-refractivity contribution in [1.29, 1.82) is 0 Å². The summed E-state index contributed by atoms with van der Waals surface area (Å²) < 4.78 is 0. The van der Waals surface area contributed by atoms with E-state index in [1.807, 2.05) is 54.6 Å². The SMILES string of the molecule is CC(=O)N1CCC(P(Br)(c2ccccc2)(c2ccccc2)c2ccccc2)C1=O. The molecular formula is C24H23BrNO2P. The molecule has 148 valence electrons. The molecule has 3 aromatic rings. The Hall–Kier alpha value is -2.29. The summed E-state index contributed by atoms with van der Waals surface area (Å²) in [6.45, 7) is 1.92. The molecule has 1 fully saturated rings. The average Bonchev–Trinajstić information content (AvgIpc) is 3.18. The van der Waals surface area contributed by atoms with Crippen molar-refractivity contribution in [3.63, 3.8) is 0 Å². The van der Waals surface area contributed by atoms with Gasteiger partial charge in [-0.15, -0.1) is 0 Å². The van der Waals surface area contributed by atoms with Crippen LogP contribution in [0.1, 0.15) is 13.3 Å². The van der Waals surface area contributed by atoms with Crippen LogP contribution in [0.15, 0.2) is 91.0 Å². The van der Waals surface area contributed by atoms with Crippen LogP contribution in [-0.4, -0.2) is 28.9 Å². The minimum absolute atomic E-state index is 0.0939. The number of nitrogens with zero attached hydrogens (tertiary/aromatic N) is 1. The van der Waals surface area contributed by atoms with Gasteiger partial charge >= 0.3 is 180 Å². The minimum atomic E-state index is -3.39. The summed E-state index contributed by atoms with van der Waals surface area (Å²) in [6, 6.07) is 30.7. The Bertz CT molecular complexity index is 941. The van der Waals surface area contributed by atoms with Crippen LogP contribution in [0, 0.1) is 0 Å². The zero-order valence-electron chi connectivity index (χ0n) is 16.2. The van der Waals surface area contributed by atoms with E-state index in [9.17, 15) is 9.59 Å². The standard InChI is InChI=1S/C24H23BrNO2P/c1-19(27)26-18-17-23(24(26)28)29(25,20-11-5-2-6-12-20,21-13-7-3-8-14-21)22-15-9-4-10-16-22/h2-16,23H,17-18H2,1H3. The Kier molecular flexibility index (Phi) is 5.18. The van der Waals surface area contributed by atoms with Gasteiger partial charge in [-0.05, 0) is 0 Å². The molecule has 1 saturated heterocycles. The number of carbonyl (C=O) groups excluding carboxylic acids is 2. The molecule has 0 radical (unpaired) electrons. The van der Waals surface area contributed by atoms with Crippen LogP contribution in [0.5, 0.6) is 0 Å². The zero-order chi connectivity index (χ0) is 20.5. The van der Waals surface area contributed by atoms with E-state index in [2.05, 4.69) is 51.9 Å². The molecule has 0 aromatic heterocycles. The average molecular weight is 468 g/mol. The predicted octanol–water partition coefficient (Wildman–Crippen LogP) is 3.97. The number of benzene rings is 3. The Morgan fingerprint density at radius 1 is 0.828 bits per heavy atom. The van der Waals surface area contributed by atoms with E-state index < -0.39 is 5.31 Å². The van der Waals surface area contributed by atoms with Crippen molar-refractivity contribution in [1.82, 2.24) is 4.90 Å². The second kappa shape index (κ2) is 7.51. The van der Waals surface area contributed by atoms with Gasteiger partial charge in [-0.3, -0.25) is 0 Å². The van der Waals surface area contributed by atoms with Crippen LogP contribution >= 0.6 is 20.8 Å². The number of halogens is 1. The number of likely N-dealkylation sites (tertiary alicyclic amines) is 1. The molecule has 0 saturated carbocycles. The van der Waals surface area contributed by atoms with Gasteiger partial charge in [0, 0.05) is 0 Å². The third-order valence-corrected chi connectivity index (χ3v) is 16.7. The quantitative estimate of drug-likeness (QED) is 0.544. The first kappa shape index (κ1) is 20.0. The second-order valence-corrected chi connectivity index (χ2v) is 16.1. The maximum atomic E-state index is 13.6. The Labute approximate surface area is 179 Å². The van der Waals surface area contributed by atoms with Crippen LogP contribution in [0.2, 0.25) is 0 Å². The summed E-state index contributed by atoms with van der Waals surface area (Å²) in [5.41, 5.74) is -0.350. The van der Waals surface area contributed by atoms with E-state index in [1.54, 1.807) is 0 Å². The second-order valence-electron chi connectivity index (χ2n) is 7.39. The summed E-state index contributed by atoms with van der Waals surface area (Å²) >= 11 is 4.33. The van der Waals surface area contributed by atoms with Crippen molar-refractivity contribution in [3.05, 3.63) is 91.0 Å². The van der Waals surface area contributed by atoms with E-state index in [-0.39, 0.29) is 17.5 Å². The molecule has 5 heteroatoms. The molecule has 1 aliphatic heterocycles. The first-order valence-corrected chi connectivity index (χ1v) is 14.0. The maximum absolute atomic E-state index is 13.6. The van der Waals surface area contributed by atoms with Crippen molar-refractivity contribution >= 4 is 48.5 Å². The zero-order valence-corrected chi connectivity index (χ0v) is 18.7. The van der Waals surface area contributed by atoms with Crippen LogP contribution in [0.25, 0.3) is 0 Å². The Balaban J connectivity index is 2.12. The molecule has 0 spiro atoms. The molecule has 1 unspecified atom stereocenters. The number of imide groups is 1. The monoisotopic (exact) mass is 467 g/mol. The summed E-state index contributed by atoms with van der Waals surface area (Å²) in [5, 5.41) is -0.104. The Morgan fingerprint density at radius 2 is 1.21 bits per heavy atom. The Morgan fingerprint density at radius 3 is 1.52 bits per heavy atom. The summed E-state index contributed by atoms with van der Waals surface area (Å²) in [7, 11) is 0. The summed E-state index contributed by atoms with van der Waals surface area (Å²) in [4.78, 5) is 27.2. The molecular weight excluding hydrogens is 445 g/mol. The van der Waals surface area contributed by atoms with Crippen molar-refractivity contribution in [2.24, 2.45) is 0 Å². The predicted molar refractivity (Wildman–Crippen MR) is 125 cm³/mol. The van der Waals surface area contributed by atoms with E-state index >= 15 is 0 Å². The topological polar surface area (TPSA) is 37.4 Å². The molecule has 4 rings (SSSR count). The molecule has 0 N–H and O–H groups in total. The fourth-order valence-electron chi connectivity index (χ4n) is 4.57. The number of hydrogen-bond donors (Lipinski definition) is 0. The van der Waals surface area contributed by atoms with Crippen molar-refractivity contribution < 1.29 is 9.59 Å². The molecule has 0 bridgehead atoms. The molecule has 1 heterocycles. The molecule has 3 nitrogen and oxygen atoms in total. The number of hydrogen-bond acceptors (Lipinski definition) is 2. The fraction of sp³-hybridized carbons (Fsp3) is 0.167. The van der Waals surface area contributed by atoms with Gasteiger partial charge < -0.3 is 0 Å². The number of carbonyl (C=O) groups is 2. The van der Waals surface area contributed by atoms with Crippen LogP contribution in [-0.2, 0) is 9.59 Å². The first-order chi connectivity index (χ1) is 14.0. The van der Waals surface area contributed by atoms with Crippen molar-refractivity contribution in [3.8, 4) is 0 Å². The molecule has 2 amide bonds. The normalized spacial score (nSPS) is 18.3. The van der Waals surface area contributed by atoms with Crippen LogP contribution < -0.4 is 15.9 Å². The van der Waals surface area contributed by atoms with Gasteiger partial charge in [0.25, 0.3) is 0 Å². The van der Waals surface area contributed by atoms with Gasteiger partial charge in [-0.1, -0.05) is 0 Å². The van der Waals surface area contributed by atoms with E-state index in [0.29, 0.717) is 13.0 Å². The van der Waals surface area contributed by atoms with Crippen LogP contribution in [0.4, 0.5) is 0 Å². The molecule has 1 atom stereocenters. The van der Waals surface area contributed by atoms with E-state index in [4.69, 9.17) is 0 Å². The van der Waals surface area contributed by atoms with Gasteiger partial charge in [-0.25, -0.2) is 0 Å². The number of rotatable bonds is 4. The van der Waals surface area contributed by atoms with Crippen molar-refractivity contribution in [2.45, 2.75) is 19.0 Å². The van der Waals surface area contributed by atoms with Gasteiger partial charge in [0.1, 0.15) is 0 Å². The van der Waals surface area contributed by atoms with E-state index in [1.165, 1.54) is 11.8 Å². The summed E-state index contributed by atoms with van der Waals surface area (Å²) in [5.74, 6) is -0.284. The molecule has 29 heavy (non-hydrogen) atoms. The van der Waals surface area contributed by atoms with Crippen LogP contribution in [0.3, 0.4) is 0 Å². The molecule has 3 aromatic carbocycles.